The molecule has 0 aliphatic heterocycles. The predicted molar refractivity (Wildman–Crippen MR) is 107 cm³/mol. The maximum Gasteiger partial charge on any atom is 0.0639 e. The summed E-state index contributed by atoms with van der Waals surface area (Å²) in [6.07, 6.45) is 8.53. The zero-order valence-electron chi connectivity index (χ0n) is 14.3. The van der Waals surface area contributed by atoms with Crippen molar-refractivity contribution in [2.45, 2.75) is 6.42 Å². The van der Waals surface area contributed by atoms with Gasteiger partial charge in [0.15, 0.2) is 0 Å². The molecule has 0 saturated carbocycles. The van der Waals surface area contributed by atoms with Gasteiger partial charge in [-0.15, -0.1) is 26.3 Å². The van der Waals surface area contributed by atoms with Crippen LogP contribution in [0.15, 0.2) is 87.0 Å². The summed E-state index contributed by atoms with van der Waals surface area (Å²) in [7, 11) is 0. The summed E-state index contributed by atoms with van der Waals surface area (Å²) in [6, 6.07) is 12.8. The quantitative estimate of drug-likeness (QED) is 0.441. The van der Waals surface area contributed by atoms with Gasteiger partial charge in [0.2, 0.25) is 0 Å². The summed E-state index contributed by atoms with van der Waals surface area (Å²) in [4.78, 5) is 0. The van der Waals surface area contributed by atoms with E-state index in [0.29, 0.717) is 0 Å². The first-order chi connectivity index (χ1) is 11.8. The Morgan fingerprint density at radius 1 is 0.750 bits per heavy atom. The number of hydrogen-bond donors (Lipinski definition) is 0. The molecule has 0 aliphatic carbocycles. The molecule has 0 N–H and O–H groups in total. The average molecular weight is 318 g/mol. The smallest absolute Gasteiger partial charge is 0.0639 e. The van der Waals surface area contributed by atoms with Crippen LogP contribution >= 0.6 is 0 Å². The molecule has 24 heavy (non-hydrogen) atoms. The third kappa shape index (κ3) is 3.84. The second kappa shape index (κ2) is 8.90. The van der Waals surface area contributed by atoms with E-state index in [0.717, 1.165) is 26.1 Å². The van der Waals surface area contributed by atoms with Crippen LogP contribution in [-0.2, 0) is 6.42 Å². The fourth-order valence-corrected chi connectivity index (χ4v) is 2.97. The van der Waals surface area contributed by atoms with Gasteiger partial charge in [-0.2, -0.15) is 0 Å². The molecule has 2 aromatic rings. The molecule has 2 rings (SSSR count). The van der Waals surface area contributed by atoms with E-state index in [1.807, 2.05) is 24.3 Å². The van der Waals surface area contributed by atoms with Crippen LogP contribution in [0.4, 0.5) is 5.69 Å². The van der Waals surface area contributed by atoms with Gasteiger partial charge in [0.1, 0.15) is 0 Å². The molecule has 0 fully saturated rings. The lowest BCUT2D eigenvalue weighted by Gasteiger charge is -2.37. The normalized spacial score (nSPS) is 10.5. The van der Waals surface area contributed by atoms with E-state index in [-0.39, 0.29) is 0 Å². The van der Waals surface area contributed by atoms with Crippen molar-refractivity contribution in [1.82, 2.24) is 5.01 Å². The second-order valence-electron chi connectivity index (χ2n) is 5.61. The van der Waals surface area contributed by atoms with Gasteiger partial charge in [0.05, 0.1) is 12.2 Å². The van der Waals surface area contributed by atoms with Crippen LogP contribution in [0, 0.1) is 0 Å². The van der Waals surface area contributed by atoms with Crippen LogP contribution in [0.5, 0.6) is 0 Å². The van der Waals surface area contributed by atoms with Crippen molar-refractivity contribution >= 4 is 16.5 Å². The summed E-state index contributed by atoms with van der Waals surface area (Å²) in [6.45, 7) is 17.9. The Bertz CT molecular complexity index is 720. The lowest BCUT2D eigenvalue weighted by Crippen LogP contribution is -2.43. The van der Waals surface area contributed by atoms with Gasteiger partial charge in [-0.25, -0.2) is 5.01 Å². The van der Waals surface area contributed by atoms with Crippen molar-refractivity contribution in [3.05, 3.63) is 92.6 Å². The van der Waals surface area contributed by atoms with Gasteiger partial charge in [-0.05, 0) is 17.4 Å². The monoisotopic (exact) mass is 318 g/mol. The molecule has 0 aromatic heterocycles. The first-order valence-electron chi connectivity index (χ1n) is 8.23. The van der Waals surface area contributed by atoms with E-state index in [1.165, 1.54) is 22.0 Å². The van der Waals surface area contributed by atoms with E-state index in [2.05, 4.69) is 72.7 Å². The van der Waals surface area contributed by atoms with E-state index in [4.69, 9.17) is 0 Å². The van der Waals surface area contributed by atoms with Crippen LogP contribution in [0.25, 0.3) is 10.8 Å². The van der Waals surface area contributed by atoms with Gasteiger partial charge < -0.3 is 5.01 Å². The number of benzene rings is 2. The number of anilines is 1. The van der Waals surface area contributed by atoms with Crippen LogP contribution in [0.1, 0.15) is 5.56 Å². The van der Waals surface area contributed by atoms with E-state index in [9.17, 15) is 0 Å². The van der Waals surface area contributed by atoms with Gasteiger partial charge in [0.25, 0.3) is 0 Å². The molecule has 124 valence electrons. The Kier molecular flexibility index (Phi) is 6.59. The van der Waals surface area contributed by atoms with Crippen molar-refractivity contribution in [3.8, 4) is 0 Å². The lowest BCUT2D eigenvalue weighted by molar-refractivity contribution is 0.314. The van der Waals surface area contributed by atoms with Crippen molar-refractivity contribution in [2.24, 2.45) is 0 Å². The standard InChI is InChI=1S/C22H26N2/c1-5-11-20-15-14-19-12-9-10-13-21(19)22(20)24(18-8-4)23(16-6-2)17-7-3/h5-10,12-15H,1-4,11,16-18H2. The first-order valence-corrected chi connectivity index (χ1v) is 8.23. The van der Waals surface area contributed by atoms with Crippen LogP contribution in [0.3, 0.4) is 0 Å². The summed E-state index contributed by atoms with van der Waals surface area (Å²) >= 11 is 0. The van der Waals surface area contributed by atoms with Crippen molar-refractivity contribution < 1.29 is 0 Å². The highest BCUT2D eigenvalue weighted by atomic mass is 15.6. The fraction of sp³-hybridized carbons (Fsp3) is 0.182. The minimum absolute atomic E-state index is 0.722. The second-order valence-corrected chi connectivity index (χ2v) is 5.61. The Balaban J connectivity index is 2.67. The Morgan fingerprint density at radius 2 is 1.42 bits per heavy atom. The highest BCUT2D eigenvalue weighted by Gasteiger charge is 2.18. The molecule has 0 radical (unpaired) electrons. The van der Waals surface area contributed by atoms with E-state index in [1.54, 1.807) is 0 Å². The van der Waals surface area contributed by atoms with Crippen molar-refractivity contribution in [1.29, 1.82) is 0 Å². The molecular formula is C22H26N2. The highest BCUT2D eigenvalue weighted by Crippen LogP contribution is 2.32. The molecule has 2 aromatic carbocycles. The number of nitrogens with zero attached hydrogens (tertiary/aromatic N) is 2. The predicted octanol–water partition coefficient (Wildman–Crippen LogP) is 5.15. The van der Waals surface area contributed by atoms with Gasteiger partial charge in [-0.3, -0.25) is 0 Å². The average Bonchev–Trinajstić information content (AvgIpc) is 2.60. The van der Waals surface area contributed by atoms with Crippen LogP contribution in [-0.4, -0.2) is 24.6 Å². The largest absolute Gasteiger partial charge is 0.301 e. The number of rotatable bonds is 10. The SMILES string of the molecule is C=CCc1ccc2ccccc2c1N(CC=C)N(CC=C)CC=C. The van der Waals surface area contributed by atoms with Gasteiger partial charge >= 0.3 is 0 Å². The molecular weight excluding hydrogens is 292 g/mol. The number of hydrogen-bond acceptors (Lipinski definition) is 2. The van der Waals surface area contributed by atoms with Gasteiger partial charge in [0, 0.05) is 18.5 Å². The molecule has 0 unspecified atom stereocenters. The number of fused-ring (bicyclic) bond motifs is 1. The highest BCUT2D eigenvalue weighted by molar-refractivity contribution is 5.96. The van der Waals surface area contributed by atoms with Crippen LogP contribution < -0.4 is 5.01 Å². The molecule has 0 saturated heterocycles. The summed E-state index contributed by atoms with van der Waals surface area (Å²) in [5.41, 5.74) is 2.46. The minimum Gasteiger partial charge on any atom is -0.301 e. The Morgan fingerprint density at radius 3 is 2.04 bits per heavy atom. The molecule has 0 bridgehead atoms. The topological polar surface area (TPSA) is 6.48 Å². The van der Waals surface area contributed by atoms with Gasteiger partial charge in [-0.1, -0.05) is 60.7 Å². The molecule has 2 nitrogen and oxygen atoms in total. The molecule has 0 spiro atoms. The maximum atomic E-state index is 3.94. The Hall–Kier alpha value is -2.58. The Labute approximate surface area is 145 Å². The number of allylic oxidation sites excluding steroid dienone is 1. The maximum absolute atomic E-state index is 3.94. The molecule has 0 atom stereocenters. The summed E-state index contributed by atoms with van der Waals surface area (Å²) in [5, 5.41) is 6.97. The molecule has 0 heterocycles. The first kappa shape index (κ1) is 17.8. The molecule has 0 aliphatic rings. The minimum atomic E-state index is 0.722. The summed E-state index contributed by atoms with van der Waals surface area (Å²) in [5.74, 6) is 0. The molecule has 0 amide bonds. The van der Waals surface area contributed by atoms with Crippen molar-refractivity contribution in [3.63, 3.8) is 0 Å². The zero-order valence-corrected chi connectivity index (χ0v) is 14.3. The summed E-state index contributed by atoms with van der Waals surface area (Å²) < 4.78 is 0. The van der Waals surface area contributed by atoms with Crippen molar-refractivity contribution in [2.75, 3.05) is 24.6 Å². The zero-order chi connectivity index (χ0) is 17.4. The van der Waals surface area contributed by atoms with E-state index >= 15 is 0 Å². The molecule has 2 heteroatoms. The number of hydrazine groups is 1. The third-order valence-corrected chi connectivity index (χ3v) is 3.93. The van der Waals surface area contributed by atoms with E-state index < -0.39 is 0 Å². The third-order valence-electron chi connectivity index (χ3n) is 3.93. The lowest BCUT2D eigenvalue weighted by atomic mass is 10.0. The van der Waals surface area contributed by atoms with Crippen LogP contribution in [0.2, 0.25) is 0 Å². The fourth-order valence-electron chi connectivity index (χ4n) is 2.97.